The van der Waals surface area contributed by atoms with E-state index in [0.29, 0.717) is 23.7 Å². The maximum absolute atomic E-state index is 12.7. The smallest absolute Gasteiger partial charge is 0.321 e. The second-order valence-corrected chi connectivity index (χ2v) is 8.34. The van der Waals surface area contributed by atoms with Gasteiger partial charge in [-0.3, -0.25) is 4.79 Å². The molecule has 2 N–H and O–H groups in total. The number of carbonyl (C=O) groups is 2. The number of nitrogens with zero attached hydrogens (tertiary/aromatic N) is 2. The van der Waals surface area contributed by atoms with Crippen molar-refractivity contribution in [2.75, 3.05) is 45.6 Å². The lowest BCUT2D eigenvalue weighted by atomic mass is 9.89. The van der Waals surface area contributed by atoms with Crippen molar-refractivity contribution in [2.45, 2.75) is 18.8 Å². The van der Waals surface area contributed by atoms with Crippen LogP contribution in [0.25, 0.3) is 0 Å². The average Bonchev–Trinajstić information content (AvgIpc) is 2.75. The van der Waals surface area contributed by atoms with Crippen LogP contribution in [-0.4, -0.2) is 62.0 Å². The van der Waals surface area contributed by atoms with Crippen LogP contribution in [0, 0.1) is 0 Å². The Bertz CT molecular complexity index is 870. The molecule has 1 atom stereocenters. The Morgan fingerprint density at radius 3 is 2.67 bits per heavy atom. The van der Waals surface area contributed by atoms with Gasteiger partial charge >= 0.3 is 6.03 Å². The number of rotatable bonds is 6. The Labute approximate surface area is 183 Å². The van der Waals surface area contributed by atoms with Crippen molar-refractivity contribution in [3.8, 4) is 0 Å². The predicted octanol–water partition coefficient (Wildman–Crippen LogP) is 4.04. The van der Waals surface area contributed by atoms with E-state index < -0.39 is 0 Å². The highest BCUT2D eigenvalue weighted by Crippen LogP contribution is 2.28. The lowest BCUT2D eigenvalue weighted by molar-refractivity contribution is 0.0950. The molecule has 0 bridgehead atoms. The lowest BCUT2D eigenvalue weighted by Gasteiger charge is -2.33. The SMILES string of the molecule is CN(C)CCNC(=O)c1cccc([C@H]2CCCN(C(=O)Nc3ccc(Cl)cc3)C2)c1. The molecule has 0 aromatic heterocycles. The van der Waals surface area contributed by atoms with Crippen molar-refractivity contribution in [2.24, 2.45) is 0 Å². The topological polar surface area (TPSA) is 64.7 Å². The third-order valence-electron chi connectivity index (χ3n) is 5.27. The maximum Gasteiger partial charge on any atom is 0.321 e. The lowest BCUT2D eigenvalue weighted by Crippen LogP contribution is -2.41. The largest absolute Gasteiger partial charge is 0.351 e. The number of piperidine rings is 1. The molecule has 3 rings (SSSR count). The minimum Gasteiger partial charge on any atom is -0.351 e. The van der Waals surface area contributed by atoms with Crippen LogP contribution >= 0.6 is 11.6 Å². The Morgan fingerprint density at radius 1 is 1.17 bits per heavy atom. The molecule has 1 fully saturated rings. The van der Waals surface area contributed by atoms with Crippen molar-refractivity contribution in [1.29, 1.82) is 0 Å². The fraction of sp³-hybridized carbons (Fsp3) is 0.391. The number of nitrogens with one attached hydrogen (secondary N) is 2. The first kappa shape index (κ1) is 22.1. The fourth-order valence-corrected chi connectivity index (χ4v) is 3.72. The number of hydrogen-bond donors (Lipinski definition) is 2. The number of likely N-dealkylation sites (tertiary alicyclic amines) is 1. The summed E-state index contributed by atoms with van der Waals surface area (Å²) in [7, 11) is 3.95. The molecular weight excluding hydrogens is 400 g/mol. The molecular formula is C23H29ClN4O2. The van der Waals surface area contributed by atoms with Crippen molar-refractivity contribution >= 4 is 29.2 Å². The second-order valence-electron chi connectivity index (χ2n) is 7.91. The van der Waals surface area contributed by atoms with Gasteiger partial charge in [-0.1, -0.05) is 23.7 Å². The molecule has 1 aliphatic rings. The number of anilines is 1. The maximum atomic E-state index is 12.7. The van der Waals surface area contributed by atoms with Crippen LogP contribution in [0.2, 0.25) is 5.02 Å². The van der Waals surface area contributed by atoms with Gasteiger partial charge in [-0.15, -0.1) is 0 Å². The molecule has 7 heteroatoms. The van der Waals surface area contributed by atoms with Gasteiger partial charge in [0.15, 0.2) is 0 Å². The molecule has 6 nitrogen and oxygen atoms in total. The normalized spacial score (nSPS) is 16.4. The summed E-state index contributed by atoms with van der Waals surface area (Å²) >= 11 is 5.91. The highest BCUT2D eigenvalue weighted by atomic mass is 35.5. The molecule has 30 heavy (non-hydrogen) atoms. The van der Waals surface area contributed by atoms with E-state index in [2.05, 4.69) is 10.6 Å². The third kappa shape index (κ3) is 6.21. The Hall–Kier alpha value is -2.57. The third-order valence-corrected chi connectivity index (χ3v) is 5.52. The van der Waals surface area contributed by atoms with Gasteiger partial charge in [0.1, 0.15) is 0 Å². The first-order valence-corrected chi connectivity index (χ1v) is 10.6. The molecule has 1 aliphatic heterocycles. The molecule has 0 aliphatic carbocycles. The van der Waals surface area contributed by atoms with Crippen LogP contribution < -0.4 is 10.6 Å². The van der Waals surface area contributed by atoms with Crippen molar-refractivity contribution in [3.05, 3.63) is 64.7 Å². The molecule has 0 saturated carbocycles. The van der Waals surface area contributed by atoms with Gasteiger partial charge in [0.2, 0.25) is 0 Å². The standard InChI is InChI=1S/C23H29ClN4O2/c1-27(2)14-12-25-22(29)18-6-3-5-17(15-18)19-7-4-13-28(16-19)23(30)26-21-10-8-20(24)9-11-21/h3,5-6,8-11,15,19H,4,7,12-14,16H2,1-2H3,(H,25,29)(H,26,30)/t19-/m0/s1. The number of halogens is 1. The van der Waals surface area contributed by atoms with E-state index >= 15 is 0 Å². The highest BCUT2D eigenvalue weighted by molar-refractivity contribution is 6.30. The Kier molecular flexibility index (Phi) is 7.71. The second kappa shape index (κ2) is 10.5. The molecule has 2 aromatic rings. The summed E-state index contributed by atoms with van der Waals surface area (Å²) in [4.78, 5) is 29.0. The quantitative estimate of drug-likeness (QED) is 0.729. The van der Waals surface area contributed by atoms with Gasteiger partial charge in [-0.05, 0) is 68.9 Å². The van der Waals surface area contributed by atoms with Gasteiger partial charge in [-0.2, -0.15) is 0 Å². The van der Waals surface area contributed by atoms with E-state index in [-0.39, 0.29) is 17.9 Å². The van der Waals surface area contributed by atoms with Crippen LogP contribution in [-0.2, 0) is 0 Å². The van der Waals surface area contributed by atoms with Crippen LogP contribution in [0.1, 0.15) is 34.7 Å². The van der Waals surface area contributed by atoms with Gasteiger partial charge < -0.3 is 20.4 Å². The zero-order valence-electron chi connectivity index (χ0n) is 17.5. The van der Waals surface area contributed by atoms with Crippen molar-refractivity contribution < 1.29 is 9.59 Å². The predicted molar refractivity (Wildman–Crippen MR) is 121 cm³/mol. The highest BCUT2D eigenvalue weighted by Gasteiger charge is 2.25. The van der Waals surface area contributed by atoms with E-state index in [0.717, 1.165) is 37.2 Å². The Morgan fingerprint density at radius 2 is 1.93 bits per heavy atom. The summed E-state index contributed by atoms with van der Waals surface area (Å²) in [5.41, 5.74) is 2.48. The zero-order valence-corrected chi connectivity index (χ0v) is 18.3. The van der Waals surface area contributed by atoms with E-state index in [1.54, 1.807) is 24.3 Å². The molecule has 160 valence electrons. The van der Waals surface area contributed by atoms with E-state index in [4.69, 9.17) is 11.6 Å². The average molecular weight is 429 g/mol. The van der Waals surface area contributed by atoms with E-state index in [9.17, 15) is 9.59 Å². The van der Waals surface area contributed by atoms with Crippen molar-refractivity contribution in [3.63, 3.8) is 0 Å². The molecule has 0 radical (unpaired) electrons. The van der Waals surface area contributed by atoms with Gasteiger partial charge in [0.05, 0.1) is 0 Å². The molecule has 1 saturated heterocycles. The monoisotopic (exact) mass is 428 g/mol. The molecule has 0 unspecified atom stereocenters. The van der Waals surface area contributed by atoms with Gasteiger partial charge in [0.25, 0.3) is 5.91 Å². The van der Waals surface area contributed by atoms with E-state index in [1.807, 2.05) is 48.2 Å². The van der Waals surface area contributed by atoms with Gasteiger partial charge in [0, 0.05) is 48.4 Å². The number of carbonyl (C=O) groups excluding carboxylic acids is 2. The zero-order chi connectivity index (χ0) is 21.5. The summed E-state index contributed by atoms with van der Waals surface area (Å²) in [6, 6.07) is 14.7. The summed E-state index contributed by atoms with van der Waals surface area (Å²) in [6.45, 7) is 2.76. The minimum absolute atomic E-state index is 0.0631. The number of amides is 3. The number of likely N-dealkylation sites (N-methyl/N-ethyl adjacent to an activating group) is 1. The van der Waals surface area contributed by atoms with Crippen LogP contribution in [0.5, 0.6) is 0 Å². The number of hydrogen-bond acceptors (Lipinski definition) is 3. The summed E-state index contributed by atoms with van der Waals surface area (Å²) in [6.07, 6.45) is 1.92. The molecule has 1 heterocycles. The summed E-state index contributed by atoms with van der Waals surface area (Å²) in [5.74, 6) is 0.149. The molecule has 2 aromatic carbocycles. The fourth-order valence-electron chi connectivity index (χ4n) is 3.60. The van der Waals surface area contributed by atoms with Crippen LogP contribution in [0.4, 0.5) is 10.5 Å². The number of benzene rings is 2. The van der Waals surface area contributed by atoms with E-state index in [1.165, 1.54) is 0 Å². The Balaban J connectivity index is 1.61. The summed E-state index contributed by atoms with van der Waals surface area (Å²) in [5, 5.41) is 6.52. The minimum atomic E-state index is -0.111. The van der Waals surface area contributed by atoms with Crippen molar-refractivity contribution in [1.82, 2.24) is 15.1 Å². The van der Waals surface area contributed by atoms with Crippen LogP contribution in [0.15, 0.2) is 48.5 Å². The first-order chi connectivity index (χ1) is 14.4. The number of urea groups is 1. The molecule has 3 amide bonds. The van der Waals surface area contributed by atoms with Crippen LogP contribution in [0.3, 0.4) is 0 Å². The van der Waals surface area contributed by atoms with Gasteiger partial charge in [-0.25, -0.2) is 4.79 Å². The summed E-state index contributed by atoms with van der Waals surface area (Å²) < 4.78 is 0. The first-order valence-electron chi connectivity index (χ1n) is 10.3. The molecule has 0 spiro atoms.